The molecule has 0 fully saturated rings. The minimum absolute atomic E-state index is 0.0631. The van der Waals surface area contributed by atoms with Crippen molar-refractivity contribution in [2.24, 2.45) is 7.05 Å². The molecule has 0 aliphatic rings. The monoisotopic (exact) mass is 244 g/mol. The van der Waals surface area contributed by atoms with Crippen molar-refractivity contribution in [1.82, 2.24) is 19.9 Å². The highest BCUT2D eigenvalue weighted by Crippen LogP contribution is 2.14. The van der Waals surface area contributed by atoms with Gasteiger partial charge in [-0.1, -0.05) is 6.92 Å². The SMILES string of the molecule is CCC(NC(=O)c1ccncc1)c1cn(C)cn1. The van der Waals surface area contributed by atoms with Gasteiger partial charge >= 0.3 is 0 Å². The van der Waals surface area contributed by atoms with Gasteiger partial charge in [-0.25, -0.2) is 4.98 Å². The number of aromatic nitrogens is 3. The van der Waals surface area contributed by atoms with E-state index in [1.165, 1.54) is 0 Å². The molecule has 94 valence electrons. The molecule has 2 aromatic heterocycles. The van der Waals surface area contributed by atoms with E-state index in [1.54, 1.807) is 30.9 Å². The number of hydrogen-bond donors (Lipinski definition) is 1. The third-order valence-corrected chi connectivity index (χ3v) is 2.74. The van der Waals surface area contributed by atoms with Crippen molar-refractivity contribution in [3.05, 3.63) is 48.3 Å². The van der Waals surface area contributed by atoms with Crippen molar-refractivity contribution in [2.75, 3.05) is 0 Å². The molecule has 0 bridgehead atoms. The van der Waals surface area contributed by atoms with Gasteiger partial charge in [0.1, 0.15) is 0 Å². The third-order valence-electron chi connectivity index (χ3n) is 2.74. The fourth-order valence-corrected chi connectivity index (χ4v) is 1.74. The van der Waals surface area contributed by atoms with Gasteiger partial charge in [0.15, 0.2) is 0 Å². The van der Waals surface area contributed by atoms with Gasteiger partial charge in [0.2, 0.25) is 0 Å². The Morgan fingerprint density at radius 2 is 2.17 bits per heavy atom. The first-order chi connectivity index (χ1) is 8.70. The molecule has 0 aliphatic carbocycles. The first kappa shape index (κ1) is 12.3. The van der Waals surface area contributed by atoms with Gasteiger partial charge in [-0.05, 0) is 18.6 Å². The summed E-state index contributed by atoms with van der Waals surface area (Å²) in [5.74, 6) is -0.102. The number of carbonyl (C=O) groups is 1. The number of pyridine rings is 1. The van der Waals surface area contributed by atoms with Crippen LogP contribution >= 0.6 is 0 Å². The number of amides is 1. The molecule has 0 radical (unpaired) electrons. The maximum Gasteiger partial charge on any atom is 0.251 e. The molecule has 0 spiro atoms. The normalized spacial score (nSPS) is 12.1. The summed E-state index contributed by atoms with van der Waals surface area (Å²) in [6.07, 6.45) is 7.67. The fourth-order valence-electron chi connectivity index (χ4n) is 1.74. The van der Waals surface area contributed by atoms with Crippen LogP contribution < -0.4 is 5.32 Å². The molecule has 1 atom stereocenters. The van der Waals surface area contributed by atoms with E-state index in [-0.39, 0.29) is 11.9 Å². The fraction of sp³-hybridized carbons (Fsp3) is 0.308. The molecular weight excluding hydrogens is 228 g/mol. The summed E-state index contributed by atoms with van der Waals surface area (Å²) in [5, 5.41) is 2.97. The van der Waals surface area contributed by atoms with Crippen molar-refractivity contribution >= 4 is 5.91 Å². The summed E-state index contributed by atoms with van der Waals surface area (Å²) >= 11 is 0. The van der Waals surface area contributed by atoms with Gasteiger partial charge in [0, 0.05) is 31.2 Å². The first-order valence-corrected chi connectivity index (χ1v) is 5.89. The van der Waals surface area contributed by atoms with Crippen molar-refractivity contribution in [3.63, 3.8) is 0 Å². The zero-order valence-electron chi connectivity index (χ0n) is 10.5. The van der Waals surface area contributed by atoms with Crippen LogP contribution in [0.5, 0.6) is 0 Å². The number of hydrogen-bond acceptors (Lipinski definition) is 3. The van der Waals surface area contributed by atoms with Crippen LogP contribution in [0, 0.1) is 0 Å². The van der Waals surface area contributed by atoms with Crippen molar-refractivity contribution in [3.8, 4) is 0 Å². The van der Waals surface area contributed by atoms with E-state index in [9.17, 15) is 4.79 Å². The zero-order valence-corrected chi connectivity index (χ0v) is 10.5. The third kappa shape index (κ3) is 2.74. The molecule has 0 saturated carbocycles. The number of nitrogens with one attached hydrogen (secondary N) is 1. The second-order valence-electron chi connectivity index (χ2n) is 4.13. The van der Waals surface area contributed by atoms with Crippen LogP contribution in [-0.2, 0) is 7.05 Å². The van der Waals surface area contributed by atoms with Gasteiger partial charge < -0.3 is 9.88 Å². The Hall–Kier alpha value is -2.17. The van der Waals surface area contributed by atoms with E-state index < -0.39 is 0 Å². The lowest BCUT2D eigenvalue weighted by molar-refractivity contribution is 0.0934. The average molecular weight is 244 g/mol. The number of rotatable bonds is 4. The van der Waals surface area contributed by atoms with E-state index in [4.69, 9.17) is 0 Å². The molecule has 2 aromatic rings. The van der Waals surface area contributed by atoms with Crippen molar-refractivity contribution in [2.45, 2.75) is 19.4 Å². The highest BCUT2D eigenvalue weighted by atomic mass is 16.1. The minimum atomic E-state index is -0.102. The number of imidazole rings is 1. The molecule has 5 heteroatoms. The van der Waals surface area contributed by atoms with E-state index in [0.717, 1.165) is 12.1 Å². The van der Waals surface area contributed by atoms with E-state index in [0.29, 0.717) is 5.56 Å². The van der Waals surface area contributed by atoms with Gasteiger partial charge in [-0.2, -0.15) is 0 Å². The summed E-state index contributed by atoms with van der Waals surface area (Å²) in [6, 6.07) is 3.33. The number of nitrogens with zero attached hydrogens (tertiary/aromatic N) is 3. The van der Waals surface area contributed by atoms with E-state index in [1.807, 2.05) is 24.7 Å². The highest BCUT2D eigenvalue weighted by molar-refractivity contribution is 5.94. The topological polar surface area (TPSA) is 59.8 Å². The minimum Gasteiger partial charge on any atom is -0.344 e. The maximum absolute atomic E-state index is 12.0. The van der Waals surface area contributed by atoms with Crippen LogP contribution in [-0.4, -0.2) is 20.4 Å². The lowest BCUT2D eigenvalue weighted by Gasteiger charge is -2.14. The van der Waals surface area contributed by atoms with Crippen LogP contribution in [0.25, 0.3) is 0 Å². The Morgan fingerprint density at radius 1 is 1.44 bits per heavy atom. The molecule has 2 heterocycles. The Balaban J connectivity index is 2.10. The smallest absolute Gasteiger partial charge is 0.251 e. The molecule has 0 aromatic carbocycles. The van der Waals surface area contributed by atoms with Crippen LogP contribution in [0.1, 0.15) is 35.4 Å². The summed E-state index contributed by atoms with van der Waals surface area (Å²) in [5.41, 5.74) is 1.49. The van der Waals surface area contributed by atoms with Crippen LogP contribution in [0.2, 0.25) is 0 Å². The average Bonchev–Trinajstić information content (AvgIpc) is 2.83. The van der Waals surface area contributed by atoms with Gasteiger partial charge in [-0.3, -0.25) is 9.78 Å². The van der Waals surface area contributed by atoms with E-state index >= 15 is 0 Å². The quantitative estimate of drug-likeness (QED) is 0.890. The van der Waals surface area contributed by atoms with E-state index in [2.05, 4.69) is 15.3 Å². The first-order valence-electron chi connectivity index (χ1n) is 5.89. The molecule has 5 nitrogen and oxygen atoms in total. The summed E-state index contributed by atoms with van der Waals surface area (Å²) in [6.45, 7) is 2.02. The van der Waals surface area contributed by atoms with Gasteiger partial charge in [-0.15, -0.1) is 0 Å². The lowest BCUT2D eigenvalue weighted by Crippen LogP contribution is -2.28. The summed E-state index contributed by atoms with van der Waals surface area (Å²) in [7, 11) is 1.91. The highest BCUT2D eigenvalue weighted by Gasteiger charge is 2.15. The summed E-state index contributed by atoms with van der Waals surface area (Å²) in [4.78, 5) is 20.2. The Morgan fingerprint density at radius 3 is 2.72 bits per heavy atom. The predicted molar refractivity (Wildman–Crippen MR) is 67.9 cm³/mol. The molecule has 18 heavy (non-hydrogen) atoms. The molecular formula is C13H16N4O. The molecule has 1 N–H and O–H groups in total. The summed E-state index contributed by atoms with van der Waals surface area (Å²) < 4.78 is 1.87. The van der Waals surface area contributed by atoms with Crippen LogP contribution in [0.15, 0.2) is 37.1 Å². The molecule has 0 saturated heterocycles. The number of carbonyl (C=O) groups excluding carboxylic acids is 1. The Labute approximate surface area is 106 Å². The van der Waals surface area contributed by atoms with Crippen LogP contribution in [0.3, 0.4) is 0 Å². The Bertz CT molecular complexity index is 521. The number of aryl methyl sites for hydroxylation is 1. The van der Waals surface area contributed by atoms with Crippen molar-refractivity contribution < 1.29 is 4.79 Å². The van der Waals surface area contributed by atoms with Crippen LogP contribution in [0.4, 0.5) is 0 Å². The second kappa shape index (κ2) is 5.44. The standard InChI is InChI=1S/C13H16N4O/c1-3-11(12-8-17(2)9-15-12)16-13(18)10-4-6-14-7-5-10/h4-9,11H,3H2,1-2H3,(H,16,18). The van der Waals surface area contributed by atoms with Crippen molar-refractivity contribution in [1.29, 1.82) is 0 Å². The van der Waals surface area contributed by atoms with Gasteiger partial charge in [0.25, 0.3) is 5.91 Å². The maximum atomic E-state index is 12.0. The molecule has 2 rings (SSSR count). The zero-order chi connectivity index (χ0) is 13.0. The molecule has 0 aliphatic heterocycles. The largest absolute Gasteiger partial charge is 0.344 e. The molecule has 1 unspecified atom stereocenters. The van der Waals surface area contributed by atoms with Gasteiger partial charge in [0.05, 0.1) is 18.1 Å². The molecule has 1 amide bonds. The lowest BCUT2D eigenvalue weighted by atomic mass is 10.1. The predicted octanol–water partition coefficient (Wildman–Crippen LogP) is 1.70. The second-order valence-corrected chi connectivity index (χ2v) is 4.13. The Kier molecular flexibility index (Phi) is 3.72.